The Morgan fingerprint density at radius 3 is 1.44 bits per heavy atom. The van der Waals surface area contributed by atoms with Crippen molar-refractivity contribution in [3.8, 4) is 22.3 Å². The second-order valence-corrected chi connectivity index (χ2v) is 11.3. The summed E-state index contributed by atoms with van der Waals surface area (Å²) < 4.78 is 11.4. The lowest BCUT2D eigenvalue weighted by Gasteiger charge is -2.24. The highest BCUT2D eigenvalue weighted by molar-refractivity contribution is 5.80. The summed E-state index contributed by atoms with van der Waals surface area (Å²) >= 11 is 0. The monoisotopic (exact) mass is 576 g/mol. The highest BCUT2D eigenvalue weighted by Crippen LogP contribution is 2.47. The molecule has 0 saturated heterocycles. The first-order valence-corrected chi connectivity index (χ1v) is 14.9. The molecule has 0 radical (unpaired) electrons. The molecule has 0 amide bonds. The van der Waals surface area contributed by atoms with E-state index in [4.69, 9.17) is 20.9 Å². The number of ether oxygens (including phenoxy) is 2. The van der Waals surface area contributed by atoms with E-state index < -0.39 is 30.3 Å². The van der Waals surface area contributed by atoms with Gasteiger partial charge in [-0.25, -0.2) is 0 Å². The molecule has 5 N–H and O–H groups in total. The van der Waals surface area contributed by atoms with Crippen molar-refractivity contribution in [2.45, 2.75) is 50.0 Å². The zero-order chi connectivity index (χ0) is 29.9. The van der Waals surface area contributed by atoms with Crippen molar-refractivity contribution in [3.05, 3.63) is 119 Å². The van der Waals surface area contributed by atoms with Gasteiger partial charge in [-0.3, -0.25) is 21.1 Å². The van der Waals surface area contributed by atoms with E-state index in [2.05, 4.69) is 12.1 Å². The van der Waals surface area contributed by atoms with Crippen LogP contribution in [-0.4, -0.2) is 36.1 Å². The van der Waals surface area contributed by atoms with Crippen molar-refractivity contribution in [1.29, 1.82) is 0 Å². The SMILES string of the molecule is NC(OC(=O)CCCCC(CO)C(=O)OC(N)C1c2ccccc2-c2ccccc21)C1c2ccccc2-c2ccccc21. The summed E-state index contributed by atoms with van der Waals surface area (Å²) in [5.41, 5.74) is 21.4. The molecule has 3 atom stereocenters. The highest BCUT2D eigenvalue weighted by atomic mass is 16.6. The third-order valence-corrected chi connectivity index (χ3v) is 8.68. The molecule has 4 aromatic rings. The van der Waals surface area contributed by atoms with Crippen LogP contribution in [0.25, 0.3) is 22.3 Å². The second-order valence-electron chi connectivity index (χ2n) is 11.3. The van der Waals surface area contributed by atoms with Gasteiger partial charge in [0.05, 0.1) is 24.4 Å². The van der Waals surface area contributed by atoms with Crippen LogP contribution < -0.4 is 11.5 Å². The van der Waals surface area contributed by atoms with Crippen LogP contribution in [0.1, 0.15) is 59.8 Å². The summed E-state index contributed by atoms with van der Waals surface area (Å²) in [6.45, 7) is -0.362. The molecule has 7 heteroatoms. The van der Waals surface area contributed by atoms with Gasteiger partial charge in [-0.2, -0.15) is 0 Å². The summed E-state index contributed by atoms with van der Waals surface area (Å²) in [5.74, 6) is -2.18. The third-order valence-electron chi connectivity index (χ3n) is 8.68. The maximum Gasteiger partial charge on any atom is 0.312 e. The summed E-state index contributed by atoms with van der Waals surface area (Å²) in [5, 5.41) is 9.95. The molecule has 0 saturated carbocycles. The van der Waals surface area contributed by atoms with Gasteiger partial charge in [-0.05, 0) is 57.3 Å². The van der Waals surface area contributed by atoms with E-state index in [-0.39, 0.29) is 24.9 Å². The lowest BCUT2D eigenvalue weighted by molar-refractivity contribution is -0.156. The number of esters is 2. The Bertz CT molecular complexity index is 1540. The van der Waals surface area contributed by atoms with Gasteiger partial charge in [-0.15, -0.1) is 0 Å². The van der Waals surface area contributed by atoms with Gasteiger partial charge in [-0.1, -0.05) is 103 Å². The van der Waals surface area contributed by atoms with Crippen LogP contribution in [-0.2, 0) is 19.1 Å². The van der Waals surface area contributed by atoms with E-state index in [1.807, 2.05) is 84.9 Å². The minimum atomic E-state index is -0.895. The Kier molecular flexibility index (Phi) is 8.38. The Hall–Kier alpha value is -4.30. The van der Waals surface area contributed by atoms with E-state index in [0.717, 1.165) is 44.5 Å². The Morgan fingerprint density at radius 2 is 1.02 bits per heavy atom. The largest absolute Gasteiger partial charge is 0.446 e. The molecular formula is C36H36N2O5. The van der Waals surface area contributed by atoms with Gasteiger partial charge >= 0.3 is 11.9 Å². The van der Waals surface area contributed by atoms with Gasteiger partial charge in [0.2, 0.25) is 0 Å². The average Bonchev–Trinajstić information content (AvgIpc) is 3.54. The minimum Gasteiger partial charge on any atom is -0.446 e. The quantitative estimate of drug-likeness (QED) is 0.123. The molecule has 0 aromatic heterocycles. The number of unbranched alkanes of at least 4 members (excludes halogenated alkanes) is 1. The zero-order valence-corrected chi connectivity index (χ0v) is 23.9. The topological polar surface area (TPSA) is 125 Å². The summed E-state index contributed by atoms with van der Waals surface area (Å²) in [7, 11) is 0. The summed E-state index contributed by atoms with van der Waals surface area (Å²) in [6, 6.07) is 32.0. The van der Waals surface area contributed by atoms with E-state index in [9.17, 15) is 14.7 Å². The number of rotatable bonds is 11. The number of aliphatic hydroxyl groups excluding tert-OH is 1. The maximum atomic E-state index is 13.0. The fourth-order valence-corrected chi connectivity index (χ4v) is 6.62. The molecule has 0 bridgehead atoms. The molecule has 3 unspecified atom stereocenters. The first-order chi connectivity index (χ1) is 21.0. The number of aliphatic hydroxyl groups is 1. The number of fused-ring (bicyclic) bond motifs is 6. The van der Waals surface area contributed by atoms with Crippen LogP contribution in [0.2, 0.25) is 0 Å². The van der Waals surface area contributed by atoms with Gasteiger partial charge in [0, 0.05) is 6.42 Å². The Morgan fingerprint density at radius 1 is 0.628 bits per heavy atom. The third kappa shape index (κ3) is 5.59. The number of carbonyl (C=O) groups excluding carboxylic acids is 2. The molecule has 7 nitrogen and oxygen atoms in total. The van der Waals surface area contributed by atoms with Crippen LogP contribution in [0, 0.1) is 5.92 Å². The predicted molar refractivity (Wildman–Crippen MR) is 165 cm³/mol. The van der Waals surface area contributed by atoms with Crippen molar-refractivity contribution in [1.82, 2.24) is 0 Å². The normalized spacial score (nSPS) is 15.5. The second kappa shape index (κ2) is 12.5. The first kappa shape index (κ1) is 28.8. The number of carbonyl (C=O) groups is 2. The number of benzene rings is 4. The maximum absolute atomic E-state index is 13.0. The zero-order valence-electron chi connectivity index (χ0n) is 23.9. The smallest absolute Gasteiger partial charge is 0.312 e. The van der Waals surface area contributed by atoms with Crippen molar-refractivity contribution in [2.24, 2.45) is 17.4 Å². The van der Waals surface area contributed by atoms with Gasteiger partial charge < -0.3 is 14.6 Å². The Balaban J connectivity index is 1.00. The predicted octanol–water partition coefficient (Wildman–Crippen LogP) is 5.44. The molecule has 2 aliphatic rings. The van der Waals surface area contributed by atoms with E-state index >= 15 is 0 Å². The molecule has 4 aromatic carbocycles. The highest BCUT2D eigenvalue weighted by Gasteiger charge is 2.36. The molecule has 43 heavy (non-hydrogen) atoms. The van der Waals surface area contributed by atoms with Crippen LogP contribution >= 0.6 is 0 Å². The molecule has 2 aliphatic carbocycles. The van der Waals surface area contributed by atoms with Gasteiger partial charge in [0.25, 0.3) is 0 Å². The fraction of sp³-hybridized carbons (Fsp3) is 0.278. The number of hydrogen-bond donors (Lipinski definition) is 3. The number of nitrogens with two attached hydrogens (primary N) is 2. The first-order valence-electron chi connectivity index (χ1n) is 14.9. The lowest BCUT2D eigenvalue weighted by atomic mass is 9.95. The molecule has 220 valence electrons. The van der Waals surface area contributed by atoms with Crippen LogP contribution in [0.3, 0.4) is 0 Å². The van der Waals surface area contributed by atoms with E-state index in [0.29, 0.717) is 19.3 Å². The van der Waals surface area contributed by atoms with Crippen molar-refractivity contribution in [3.63, 3.8) is 0 Å². The van der Waals surface area contributed by atoms with E-state index in [1.165, 1.54) is 0 Å². The Labute approximate surface area is 251 Å². The molecule has 0 spiro atoms. The van der Waals surface area contributed by atoms with Crippen LogP contribution in [0.5, 0.6) is 0 Å². The average molecular weight is 577 g/mol. The summed E-state index contributed by atoms with van der Waals surface area (Å²) in [4.78, 5) is 25.7. The van der Waals surface area contributed by atoms with E-state index in [1.54, 1.807) is 0 Å². The number of hydrogen-bond acceptors (Lipinski definition) is 7. The van der Waals surface area contributed by atoms with Gasteiger partial charge in [0.15, 0.2) is 12.5 Å². The molecule has 6 rings (SSSR count). The van der Waals surface area contributed by atoms with Gasteiger partial charge in [0.1, 0.15) is 0 Å². The van der Waals surface area contributed by atoms with Crippen molar-refractivity contribution < 1.29 is 24.2 Å². The molecule has 0 heterocycles. The lowest BCUT2D eigenvalue weighted by Crippen LogP contribution is -2.36. The van der Waals surface area contributed by atoms with Crippen LogP contribution in [0.15, 0.2) is 97.1 Å². The summed E-state index contributed by atoms with van der Waals surface area (Å²) in [6.07, 6.45) is -0.167. The fourth-order valence-electron chi connectivity index (χ4n) is 6.62. The molecule has 0 fully saturated rings. The molecule has 0 aliphatic heterocycles. The van der Waals surface area contributed by atoms with Crippen molar-refractivity contribution >= 4 is 11.9 Å². The molecular weight excluding hydrogens is 540 g/mol. The van der Waals surface area contributed by atoms with Crippen LogP contribution in [0.4, 0.5) is 0 Å². The van der Waals surface area contributed by atoms with Crippen molar-refractivity contribution in [2.75, 3.05) is 6.61 Å². The standard InChI is InChI=1S/C36H36N2O5/c37-34(32-27-16-6-2-12-23(27)24-13-3-7-17-28(24)32)42-31(40)20-10-1-11-22(21-39)36(41)43-35(38)33-29-18-8-4-14-25(29)26-15-5-9-19-30(26)33/h2-9,12-19,22,32-35,39H,1,10-11,20-21,37-38H2. The minimum absolute atomic E-state index is 0.159.